The molecule has 144 valence electrons. The Hall–Kier alpha value is -2.90. The minimum Gasteiger partial charge on any atom is -0.493 e. The van der Waals surface area contributed by atoms with Gasteiger partial charge in [0.1, 0.15) is 0 Å². The van der Waals surface area contributed by atoms with E-state index in [4.69, 9.17) is 14.2 Å². The second-order valence-corrected chi connectivity index (χ2v) is 7.63. The second kappa shape index (κ2) is 7.61. The van der Waals surface area contributed by atoms with Crippen molar-refractivity contribution >= 4 is 22.4 Å². The molecule has 0 unspecified atom stereocenters. The molecule has 0 saturated heterocycles. The Morgan fingerprint density at radius 2 is 1.86 bits per heavy atom. The van der Waals surface area contributed by atoms with E-state index in [2.05, 4.69) is 10.3 Å². The van der Waals surface area contributed by atoms with Crippen LogP contribution in [0.4, 0.5) is 5.13 Å². The number of aryl methyl sites for hydroxylation is 1. The number of hydrogen-bond donors (Lipinski definition) is 1. The molecule has 1 aliphatic heterocycles. The molecule has 0 atom stereocenters. The zero-order chi connectivity index (χ0) is 19.7. The van der Waals surface area contributed by atoms with Crippen LogP contribution < -0.4 is 14.8 Å². The summed E-state index contributed by atoms with van der Waals surface area (Å²) in [5.41, 5.74) is 4.52. The molecule has 3 aromatic rings. The van der Waals surface area contributed by atoms with Gasteiger partial charge in [-0.15, -0.1) is 11.3 Å². The molecule has 2 aromatic carbocycles. The number of benzene rings is 2. The molecular formula is C21H20N2O4S. The number of rotatable bonds is 5. The normalized spacial score (nSPS) is 12.5. The minimum atomic E-state index is -0.178. The third-order valence-corrected chi connectivity index (χ3v) is 5.54. The summed E-state index contributed by atoms with van der Waals surface area (Å²) in [5, 5.41) is 3.46. The molecule has 0 fully saturated rings. The van der Waals surface area contributed by atoms with Crippen molar-refractivity contribution in [3.05, 3.63) is 58.0 Å². The van der Waals surface area contributed by atoms with Crippen LogP contribution in [0.1, 0.15) is 26.4 Å². The summed E-state index contributed by atoms with van der Waals surface area (Å²) in [6, 6.07) is 11.3. The number of amides is 1. The van der Waals surface area contributed by atoms with Crippen molar-refractivity contribution in [2.24, 2.45) is 0 Å². The highest BCUT2D eigenvalue weighted by molar-refractivity contribution is 7.16. The average molecular weight is 396 g/mol. The number of methoxy groups -OCH3 is 2. The van der Waals surface area contributed by atoms with Gasteiger partial charge in [0.15, 0.2) is 16.6 Å². The molecule has 1 N–H and O–H groups in total. The molecule has 1 amide bonds. The molecular weight excluding hydrogens is 376 g/mol. The number of carbonyl (C=O) groups is 1. The second-order valence-electron chi connectivity index (χ2n) is 6.42. The van der Waals surface area contributed by atoms with Gasteiger partial charge in [0.25, 0.3) is 5.91 Å². The minimum absolute atomic E-state index is 0.178. The van der Waals surface area contributed by atoms with Crippen molar-refractivity contribution in [2.75, 3.05) is 19.5 Å². The third-order valence-electron chi connectivity index (χ3n) is 4.66. The van der Waals surface area contributed by atoms with Gasteiger partial charge in [0.05, 0.1) is 33.1 Å². The van der Waals surface area contributed by atoms with Crippen LogP contribution >= 0.6 is 11.3 Å². The first-order valence-electron chi connectivity index (χ1n) is 8.79. The molecule has 0 bridgehead atoms. The maximum absolute atomic E-state index is 12.6. The largest absolute Gasteiger partial charge is 0.493 e. The van der Waals surface area contributed by atoms with Crippen molar-refractivity contribution in [1.82, 2.24) is 4.98 Å². The van der Waals surface area contributed by atoms with Gasteiger partial charge in [-0.2, -0.15) is 0 Å². The fraction of sp³-hybridized carbons (Fsp3) is 0.238. The number of anilines is 1. The molecule has 0 radical (unpaired) electrons. The number of nitrogens with one attached hydrogen (secondary N) is 1. The Morgan fingerprint density at radius 1 is 1.07 bits per heavy atom. The maximum atomic E-state index is 12.6. The molecule has 0 aliphatic carbocycles. The summed E-state index contributed by atoms with van der Waals surface area (Å²) in [6.45, 7) is 3.14. The number of ether oxygens (including phenoxy) is 3. The molecule has 7 heteroatoms. The van der Waals surface area contributed by atoms with Crippen LogP contribution in [-0.4, -0.2) is 25.1 Å². The summed E-state index contributed by atoms with van der Waals surface area (Å²) >= 11 is 1.44. The van der Waals surface area contributed by atoms with Gasteiger partial charge in [-0.1, -0.05) is 6.07 Å². The first-order chi connectivity index (χ1) is 13.6. The Morgan fingerprint density at radius 3 is 2.64 bits per heavy atom. The van der Waals surface area contributed by atoms with E-state index < -0.39 is 0 Å². The van der Waals surface area contributed by atoms with E-state index >= 15 is 0 Å². The number of aromatic nitrogens is 1. The van der Waals surface area contributed by atoms with Crippen LogP contribution in [-0.2, 0) is 18.0 Å². The van der Waals surface area contributed by atoms with E-state index in [0.717, 1.165) is 27.3 Å². The lowest BCUT2D eigenvalue weighted by Gasteiger charge is -2.08. The van der Waals surface area contributed by atoms with Crippen molar-refractivity contribution in [3.63, 3.8) is 0 Å². The van der Waals surface area contributed by atoms with Gasteiger partial charge >= 0.3 is 0 Å². The van der Waals surface area contributed by atoms with Crippen LogP contribution in [0.2, 0.25) is 0 Å². The Bertz CT molecular complexity index is 1040. The number of fused-ring (bicyclic) bond motifs is 1. The molecule has 0 spiro atoms. The summed E-state index contributed by atoms with van der Waals surface area (Å²) in [6.07, 6.45) is 0. The smallest absolute Gasteiger partial charge is 0.257 e. The van der Waals surface area contributed by atoms with Crippen LogP contribution in [0.25, 0.3) is 11.3 Å². The van der Waals surface area contributed by atoms with Gasteiger partial charge in [0, 0.05) is 16.0 Å². The third kappa shape index (κ3) is 3.46. The number of thiazole rings is 1. The molecule has 0 saturated carbocycles. The van der Waals surface area contributed by atoms with Gasteiger partial charge in [0.2, 0.25) is 0 Å². The summed E-state index contributed by atoms with van der Waals surface area (Å²) in [7, 11) is 3.20. The fourth-order valence-electron chi connectivity index (χ4n) is 3.18. The SMILES string of the molecule is COc1ccc(-c2nc(NC(=O)c3ccc4c(c3)COC4)sc2C)cc1OC. The lowest BCUT2D eigenvalue weighted by atomic mass is 10.1. The molecule has 28 heavy (non-hydrogen) atoms. The number of hydrogen-bond acceptors (Lipinski definition) is 6. The Kier molecular flexibility index (Phi) is 5.02. The van der Waals surface area contributed by atoms with Gasteiger partial charge < -0.3 is 14.2 Å². The Balaban J connectivity index is 1.57. The van der Waals surface area contributed by atoms with E-state index in [-0.39, 0.29) is 5.91 Å². The molecule has 2 heterocycles. The summed E-state index contributed by atoms with van der Waals surface area (Å²) in [5.74, 6) is 1.12. The zero-order valence-corrected chi connectivity index (χ0v) is 16.7. The van der Waals surface area contributed by atoms with Crippen molar-refractivity contribution in [3.8, 4) is 22.8 Å². The first-order valence-corrected chi connectivity index (χ1v) is 9.61. The van der Waals surface area contributed by atoms with Crippen molar-refractivity contribution < 1.29 is 19.0 Å². The van der Waals surface area contributed by atoms with E-state index in [1.54, 1.807) is 14.2 Å². The topological polar surface area (TPSA) is 69.7 Å². The van der Waals surface area contributed by atoms with E-state index in [1.807, 2.05) is 43.3 Å². The van der Waals surface area contributed by atoms with E-state index in [9.17, 15) is 4.79 Å². The quantitative estimate of drug-likeness (QED) is 0.691. The van der Waals surface area contributed by atoms with Crippen LogP contribution in [0.15, 0.2) is 36.4 Å². The van der Waals surface area contributed by atoms with E-state index in [1.165, 1.54) is 11.3 Å². The number of carbonyl (C=O) groups excluding carboxylic acids is 1. The first kappa shape index (κ1) is 18.5. The maximum Gasteiger partial charge on any atom is 0.257 e. The molecule has 1 aliphatic rings. The molecule has 4 rings (SSSR count). The lowest BCUT2D eigenvalue weighted by Crippen LogP contribution is -2.12. The fourth-order valence-corrected chi connectivity index (χ4v) is 4.01. The van der Waals surface area contributed by atoms with E-state index in [0.29, 0.717) is 35.4 Å². The van der Waals surface area contributed by atoms with Crippen LogP contribution in [0.3, 0.4) is 0 Å². The van der Waals surface area contributed by atoms with Crippen LogP contribution in [0.5, 0.6) is 11.5 Å². The highest BCUT2D eigenvalue weighted by Crippen LogP contribution is 2.36. The summed E-state index contributed by atoms with van der Waals surface area (Å²) in [4.78, 5) is 18.3. The highest BCUT2D eigenvalue weighted by atomic mass is 32.1. The zero-order valence-electron chi connectivity index (χ0n) is 15.9. The van der Waals surface area contributed by atoms with Crippen molar-refractivity contribution in [1.29, 1.82) is 0 Å². The molecule has 6 nitrogen and oxygen atoms in total. The predicted molar refractivity (Wildman–Crippen MR) is 108 cm³/mol. The Labute approximate surface area is 167 Å². The number of nitrogens with zero attached hydrogens (tertiary/aromatic N) is 1. The van der Waals surface area contributed by atoms with Gasteiger partial charge in [-0.05, 0) is 48.4 Å². The monoisotopic (exact) mass is 396 g/mol. The highest BCUT2D eigenvalue weighted by Gasteiger charge is 2.17. The summed E-state index contributed by atoms with van der Waals surface area (Å²) < 4.78 is 16.1. The predicted octanol–water partition coefficient (Wildman–Crippen LogP) is 4.42. The average Bonchev–Trinajstić information content (AvgIpc) is 3.32. The van der Waals surface area contributed by atoms with Crippen molar-refractivity contribution in [2.45, 2.75) is 20.1 Å². The molecule has 1 aromatic heterocycles. The van der Waals surface area contributed by atoms with Gasteiger partial charge in [-0.25, -0.2) is 4.98 Å². The lowest BCUT2D eigenvalue weighted by molar-refractivity contribution is 0.102. The standard InChI is InChI=1S/C21H20N2O4S/c1-12-19(13-6-7-17(25-2)18(9-13)26-3)22-21(28-12)23-20(24)14-4-5-15-10-27-11-16(15)8-14/h4-9H,10-11H2,1-3H3,(H,22,23,24). The van der Waals surface area contributed by atoms with Crippen LogP contribution in [0, 0.1) is 6.92 Å². The van der Waals surface area contributed by atoms with Gasteiger partial charge in [-0.3, -0.25) is 10.1 Å².